The molecule has 0 aliphatic rings. The van der Waals surface area contributed by atoms with Gasteiger partial charge in [0.05, 0.1) is 0 Å². The summed E-state index contributed by atoms with van der Waals surface area (Å²) in [5, 5.41) is 0. The Labute approximate surface area is 100.0 Å². The van der Waals surface area contributed by atoms with Gasteiger partial charge in [0.1, 0.15) is 0 Å². The van der Waals surface area contributed by atoms with Crippen molar-refractivity contribution in [1.29, 1.82) is 0 Å². The van der Waals surface area contributed by atoms with Gasteiger partial charge >= 0.3 is 0 Å². The fraction of sp³-hybridized carbons (Fsp3) is 0.400. The lowest BCUT2D eigenvalue weighted by atomic mass is 9.98. The van der Waals surface area contributed by atoms with Crippen molar-refractivity contribution in [2.24, 2.45) is 4.99 Å². The summed E-state index contributed by atoms with van der Waals surface area (Å²) in [6.45, 7) is 14.1. The molecule has 0 N–H and O–H groups in total. The largest absolute Gasteiger partial charge is 0.266 e. The molecule has 0 fully saturated rings. The normalized spacial score (nSPS) is 14.7. The van der Waals surface area contributed by atoms with E-state index in [9.17, 15) is 0 Å². The van der Waals surface area contributed by atoms with Gasteiger partial charge in [-0.25, -0.2) is 0 Å². The molecule has 0 aromatic heterocycles. The molecule has 0 saturated carbocycles. The van der Waals surface area contributed by atoms with Crippen molar-refractivity contribution in [2.75, 3.05) is 0 Å². The number of nitrogens with zero attached hydrogens (tertiary/aromatic N) is 1. The summed E-state index contributed by atoms with van der Waals surface area (Å²) >= 11 is 0. The highest BCUT2D eigenvalue weighted by molar-refractivity contribution is 5.56. The Bertz CT molecular complexity index is 352. The van der Waals surface area contributed by atoms with E-state index in [-0.39, 0.29) is 0 Å². The number of aliphatic imine (C=N–C) groups is 1. The van der Waals surface area contributed by atoms with E-state index in [2.05, 4.69) is 50.6 Å². The first-order valence-corrected chi connectivity index (χ1v) is 5.68. The Morgan fingerprint density at radius 2 is 1.75 bits per heavy atom. The third kappa shape index (κ3) is 5.50. The number of hydrogen-bond donors (Lipinski definition) is 0. The van der Waals surface area contributed by atoms with Gasteiger partial charge in [-0.05, 0) is 58.3 Å². The van der Waals surface area contributed by atoms with Crippen molar-refractivity contribution >= 4 is 6.21 Å². The molecule has 1 nitrogen and oxygen atoms in total. The summed E-state index contributed by atoms with van der Waals surface area (Å²) in [5.74, 6) is 0. The Kier molecular flexibility index (Phi) is 7.19. The van der Waals surface area contributed by atoms with Crippen molar-refractivity contribution in [1.82, 2.24) is 0 Å². The van der Waals surface area contributed by atoms with Crippen molar-refractivity contribution in [3.8, 4) is 0 Å². The molecule has 1 heteroatoms. The van der Waals surface area contributed by atoms with Crippen LogP contribution in [-0.4, -0.2) is 6.21 Å². The monoisotopic (exact) mass is 217 g/mol. The summed E-state index contributed by atoms with van der Waals surface area (Å²) in [6, 6.07) is 0. The molecular weight excluding hydrogens is 194 g/mol. The van der Waals surface area contributed by atoms with Gasteiger partial charge < -0.3 is 0 Å². The first-order chi connectivity index (χ1) is 7.54. The molecule has 0 aliphatic heterocycles. The molecule has 0 spiro atoms. The Hall–Kier alpha value is -1.37. The number of rotatable bonds is 5. The molecule has 0 amide bonds. The fourth-order valence-electron chi connectivity index (χ4n) is 1.52. The topological polar surface area (TPSA) is 12.4 Å². The van der Waals surface area contributed by atoms with Crippen molar-refractivity contribution in [2.45, 2.75) is 41.0 Å². The average Bonchev–Trinajstić information content (AvgIpc) is 2.23. The molecule has 88 valence electrons. The smallest absolute Gasteiger partial charge is 0.0374 e. The van der Waals surface area contributed by atoms with Gasteiger partial charge in [0, 0.05) is 11.9 Å². The summed E-state index contributed by atoms with van der Waals surface area (Å²) in [4.78, 5) is 4.25. The van der Waals surface area contributed by atoms with Crippen LogP contribution in [-0.2, 0) is 0 Å². The highest BCUT2D eigenvalue weighted by atomic mass is 14.7. The molecular formula is C15H23N. The fourth-order valence-corrected chi connectivity index (χ4v) is 1.52. The third-order valence-electron chi connectivity index (χ3n) is 2.22. The van der Waals surface area contributed by atoms with Gasteiger partial charge in [0.25, 0.3) is 0 Å². The van der Waals surface area contributed by atoms with Gasteiger partial charge in [-0.1, -0.05) is 24.3 Å². The minimum atomic E-state index is 0.926. The molecule has 16 heavy (non-hydrogen) atoms. The zero-order valence-corrected chi connectivity index (χ0v) is 11.2. The first-order valence-electron chi connectivity index (χ1n) is 5.68. The third-order valence-corrected chi connectivity index (χ3v) is 2.22. The van der Waals surface area contributed by atoms with E-state index in [1.165, 1.54) is 16.7 Å². The summed E-state index contributed by atoms with van der Waals surface area (Å²) in [7, 11) is 0. The predicted molar refractivity (Wildman–Crippen MR) is 74.9 cm³/mol. The standard InChI is InChI=1S/C15H23N/c1-7-14(10-12(4)5)15(8-2)11-13(6)16-9-3/h7-9,11H,4,10H2,1-3,5-6H3/b13-11-,14-7+,15-8-,16-9-. The zero-order chi connectivity index (χ0) is 12.6. The van der Waals surface area contributed by atoms with Crippen LogP contribution in [0.15, 0.2) is 52.2 Å². The molecule has 0 unspecified atom stereocenters. The Morgan fingerprint density at radius 1 is 1.12 bits per heavy atom. The van der Waals surface area contributed by atoms with E-state index in [0.29, 0.717) is 0 Å². The van der Waals surface area contributed by atoms with Gasteiger partial charge in [0.2, 0.25) is 0 Å². The predicted octanol–water partition coefficient (Wildman–Crippen LogP) is 4.84. The first kappa shape index (κ1) is 14.6. The molecule has 0 saturated heterocycles. The van der Waals surface area contributed by atoms with Gasteiger partial charge in [-0.3, -0.25) is 4.99 Å². The molecule has 0 radical (unpaired) electrons. The Balaban J connectivity index is 5.00. The number of allylic oxidation sites excluding steroid dienone is 7. The molecule has 0 bridgehead atoms. The van der Waals surface area contributed by atoms with Crippen molar-refractivity contribution < 1.29 is 0 Å². The average molecular weight is 217 g/mol. The maximum Gasteiger partial charge on any atom is 0.0374 e. The maximum absolute atomic E-state index is 4.25. The molecule has 0 aliphatic carbocycles. The SMILES string of the molecule is C=C(C)CC(=C\C)/C(/C=C(C)\N=C/C)=C\C. The van der Waals surface area contributed by atoms with E-state index in [1.807, 2.05) is 20.1 Å². The molecule has 0 atom stereocenters. The van der Waals surface area contributed by atoms with Crippen molar-refractivity contribution in [3.05, 3.63) is 47.2 Å². The summed E-state index contributed by atoms with van der Waals surface area (Å²) < 4.78 is 0. The van der Waals surface area contributed by atoms with E-state index < -0.39 is 0 Å². The quantitative estimate of drug-likeness (QED) is 0.355. The lowest BCUT2D eigenvalue weighted by Crippen LogP contribution is -1.89. The molecule has 0 aromatic carbocycles. The minimum absolute atomic E-state index is 0.926. The Morgan fingerprint density at radius 3 is 2.12 bits per heavy atom. The molecule has 0 heterocycles. The minimum Gasteiger partial charge on any atom is -0.266 e. The van der Waals surface area contributed by atoms with Crippen LogP contribution in [0.4, 0.5) is 0 Å². The van der Waals surface area contributed by atoms with Crippen LogP contribution in [0.3, 0.4) is 0 Å². The summed E-state index contributed by atoms with van der Waals surface area (Å²) in [6.07, 6.45) is 9.11. The number of hydrogen-bond acceptors (Lipinski definition) is 1. The van der Waals surface area contributed by atoms with Gasteiger partial charge in [0.15, 0.2) is 0 Å². The van der Waals surface area contributed by atoms with Crippen LogP contribution < -0.4 is 0 Å². The zero-order valence-electron chi connectivity index (χ0n) is 11.2. The lowest BCUT2D eigenvalue weighted by Gasteiger charge is -2.08. The molecule has 0 aromatic rings. The second-order valence-electron chi connectivity index (χ2n) is 3.86. The highest BCUT2D eigenvalue weighted by Gasteiger charge is 2.01. The maximum atomic E-state index is 4.25. The van der Waals surface area contributed by atoms with Crippen LogP contribution in [0, 0.1) is 0 Å². The van der Waals surface area contributed by atoms with E-state index in [4.69, 9.17) is 0 Å². The van der Waals surface area contributed by atoms with E-state index >= 15 is 0 Å². The lowest BCUT2D eigenvalue weighted by molar-refractivity contribution is 1.12. The van der Waals surface area contributed by atoms with Crippen molar-refractivity contribution in [3.63, 3.8) is 0 Å². The summed E-state index contributed by atoms with van der Waals surface area (Å²) in [5.41, 5.74) is 4.74. The van der Waals surface area contributed by atoms with Gasteiger partial charge in [-0.15, -0.1) is 0 Å². The highest BCUT2D eigenvalue weighted by Crippen LogP contribution is 2.20. The van der Waals surface area contributed by atoms with E-state index in [1.54, 1.807) is 0 Å². The van der Waals surface area contributed by atoms with Crippen LogP contribution in [0.5, 0.6) is 0 Å². The second kappa shape index (κ2) is 7.86. The molecule has 0 rings (SSSR count). The van der Waals surface area contributed by atoms with Crippen LogP contribution in [0.2, 0.25) is 0 Å². The van der Waals surface area contributed by atoms with E-state index in [0.717, 1.165) is 12.1 Å². The second-order valence-corrected chi connectivity index (χ2v) is 3.86. The van der Waals surface area contributed by atoms with Crippen LogP contribution in [0.25, 0.3) is 0 Å². The van der Waals surface area contributed by atoms with Crippen LogP contribution >= 0.6 is 0 Å². The van der Waals surface area contributed by atoms with Gasteiger partial charge in [-0.2, -0.15) is 0 Å². The van der Waals surface area contributed by atoms with Crippen LogP contribution in [0.1, 0.15) is 41.0 Å².